The first-order chi connectivity index (χ1) is 16.7. The third-order valence-corrected chi connectivity index (χ3v) is 10.3. The van der Waals surface area contributed by atoms with Crippen molar-refractivity contribution in [3.63, 3.8) is 0 Å². The fraction of sp³-hybridized carbons (Fsp3) is 0.464. The SMILES string of the molecule is CC1CC=C(NC(=O)CN(C)C23C4Cc5ccc(O)cc5C2(C)C3CN4C)Sc2cc(F)ccc21. The molecule has 1 saturated carbocycles. The minimum absolute atomic E-state index is 0.0499. The molecule has 7 heteroatoms. The van der Waals surface area contributed by atoms with Crippen LogP contribution in [0.1, 0.15) is 42.9 Å². The Morgan fingerprint density at radius 3 is 2.91 bits per heavy atom. The normalized spacial score (nSPS) is 32.9. The number of hydrogen-bond acceptors (Lipinski definition) is 5. The summed E-state index contributed by atoms with van der Waals surface area (Å²) < 4.78 is 13.9. The topological polar surface area (TPSA) is 55.8 Å². The number of likely N-dealkylation sites (tertiary alicyclic amines) is 1. The van der Waals surface area contributed by atoms with Crippen molar-refractivity contribution in [2.75, 3.05) is 27.2 Å². The van der Waals surface area contributed by atoms with E-state index in [0.29, 0.717) is 17.7 Å². The molecule has 2 heterocycles. The number of rotatable bonds is 4. The maximum atomic E-state index is 13.9. The van der Waals surface area contributed by atoms with Gasteiger partial charge in [0.25, 0.3) is 0 Å². The third kappa shape index (κ3) is 3.17. The van der Waals surface area contributed by atoms with Crippen molar-refractivity contribution >= 4 is 17.7 Å². The van der Waals surface area contributed by atoms with Gasteiger partial charge >= 0.3 is 0 Å². The van der Waals surface area contributed by atoms with Crippen molar-refractivity contribution in [2.24, 2.45) is 5.92 Å². The van der Waals surface area contributed by atoms with Gasteiger partial charge in [-0.05, 0) is 73.8 Å². The summed E-state index contributed by atoms with van der Waals surface area (Å²) in [6, 6.07) is 11.0. The van der Waals surface area contributed by atoms with Gasteiger partial charge in [0, 0.05) is 28.8 Å². The molecular weight excluding hydrogens is 461 g/mol. The molecule has 35 heavy (non-hydrogen) atoms. The molecule has 0 aromatic heterocycles. The standard InChI is InChI=1S/C28H32FN3O2S/c1-16-5-10-26(35-22-12-18(29)7-9-20(16)22)30-25(34)15-32(4)28-23-14-31(3)24(28)11-17-6-8-19(33)13-21(17)27(23,28)2/h6-10,12-13,16,23-24,33H,5,11,14-15H2,1-4H3,(H,30,34). The maximum absolute atomic E-state index is 13.9. The Bertz CT molecular complexity index is 1260. The van der Waals surface area contributed by atoms with Crippen LogP contribution in [0.15, 0.2) is 52.4 Å². The number of nitrogens with zero attached hydrogens (tertiary/aromatic N) is 2. The van der Waals surface area contributed by atoms with E-state index in [1.54, 1.807) is 12.1 Å². The van der Waals surface area contributed by atoms with Crippen molar-refractivity contribution in [1.29, 1.82) is 0 Å². The Morgan fingerprint density at radius 2 is 2.11 bits per heavy atom. The number of likely N-dealkylation sites (N-methyl/N-ethyl adjacent to an activating group) is 2. The van der Waals surface area contributed by atoms with Gasteiger partial charge < -0.3 is 15.3 Å². The molecule has 0 spiro atoms. The van der Waals surface area contributed by atoms with Crippen molar-refractivity contribution in [3.8, 4) is 5.75 Å². The second-order valence-corrected chi connectivity index (χ2v) is 12.1. The van der Waals surface area contributed by atoms with Gasteiger partial charge in [-0.15, -0.1) is 0 Å². The zero-order valence-electron chi connectivity index (χ0n) is 20.6. The average Bonchev–Trinajstić information content (AvgIpc) is 3.27. The fourth-order valence-electron chi connectivity index (χ4n) is 7.61. The number of thioether (sulfide) groups is 1. The van der Waals surface area contributed by atoms with Crippen LogP contribution in [0.3, 0.4) is 0 Å². The van der Waals surface area contributed by atoms with Gasteiger partial charge in [0.15, 0.2) is 0 Å². The molecule has 1 amide bonds. The molecule has 5 unspecified atom stereocenters. The molecule has 2 fully saturated rings. The second-order valence-electron chi connectivity index (χ2n) is 11.0. The second kappa shape index (κ2) is 7.82. The van der Waals surface area contributed by atoms with Gasteiger partial charge in [0.05, 0.1) is 17.1 Å². The highest BCUT2D eigenvalue weighted by Gasteiger charge is 2.84. The van der Waals surface area contributed by atoms with Gasteiger partial charge in [0.2, 0.25) is 5.91 Å². The first-order valence-corrected chi connectivity index (χ1v) is 13.2. The fourth-order valence-corrected chi connectivity index (χ4v) is 8.75. The molecule has 184 valence electrons. The molecule has 4 aliphatic rings. The van der Waals surface area contributed by atoms with Gasteiger partial charge in [-0.3, -0.25) is 9.69 Å². The lowest BCUT2D eigenvalue weighted by Gasteiger charge is -2.45. The van der Waals surface area contributed by atoms with E-state index in [0.717, 1.165) is 34.9 Å². The van der Waals surface area contributed by atoms with Gasteiger partial charge in [-0.2, -0.15) is 0 Å². The minimum atomic E-state index is -0.258. The molecule has 5 nitrogen and oxygen atoms in total. The first kappa shape index (κ1) is 23.1. The molecule has 2 aliphatic carbocycles. The smallest absolute Gasteiger partial charge is 0.238 e. The molecule has 0 bridgehead atoms. The maximum Gasteiger partial charge on any atom is 0.238 e. The van der Waals surface area contributed by atoms with E-state index in [4.69, 9.17) is 0 Å². The largest absolute Gasteiger partial charge is 0.508 e. The summed E-state index contributed by atoms with van der Waals surface area (Å²) in [7, 11) is 4.25. The molecule has 2 aliphatic heterocycles. The molecule has 5 atom stereocenters. The van der Waals surface area contributed by atoms with E-state index >= 15 is 0 Å². The third-order valence-electron chi connectivity index (χ3n) is 9.21. The van der Waals surface area contributed by atoms with Crippen LogP contribution in [-0.4, -0.2) is 59.6 Å². The lowest BCUT2D eigenvalue weighted by atomic mass is 9.75. The Morgan fingerprint density at radius 1 is 1.31 bits per heavy atom. The first-order valence-electron chi connectivity index (χ1n) is 12.4. The highest BCUT2D eigenvalue weighted by Crippen LogP contribution is 2.74. The van der Waals surface area contributed by atoms with Crippen molar-refractivity contribution in [3.05, 3.63) is 70.0 Å². The lowest BCUT2D eigenvalue weighted by molar-refractivity contribution is -0.122. The van der Waals surface area contributed by atoms with E-state index in [2.05, 4.69) is 55.2 Å². The predicted molar refractivity (Wildman–Crippen MR) is 136 cm³/mol. The highest BCUT2D eigenvalue weighted by molar-refractivity contribution is 8.03. The van der Waals surface area contributed by atoms with Crippen LogP contribution in [-0.2, 0) is 16.6 Å². The summed E-state index contributed by atoms with van der Waals surface area (Å²) in [5.41, 5.74) is 3.43. The summed E-state index contributed by atoms with van der Waals surface area (Å²) in [4.78, 5) is 18.8. The molecule has 2 aromatic carbocycles. The highest BCUT2D eigenvalue weighted by atomic mass is 32.2. The Hall–Kier alpha value is -2.35. The molecule has 2 aromatic rings. The molecular formula is C28H32FN3O2S. The number of aromatic hydroxyl groups is 1. The number of halogens is 1. The van der Waals surface area contributed by atoms with Crippen molar-refractivity contribution < 1.29 is 14.3 Å². The predicted octanol–water partition coefficient (Wildman–Crippen LogP) is 4.22. The average molecular weight is 494 g/mol. The lowest BCUT2D eigenvalue weighted by Crippen LogP contribution is -2.57. The zero-order chi connectivity index (χ0) is 24.7. The monoisotopic (exact) mass is 493 g/mol. The van der Waals surface area contributed by atoms with Crippen LogP contribution in [0.5, 0.6) is 5.75 Å². The number of carbonyl (C=O) groups excluding carboxylic acids is 1. The van der Waals surface area contributed by atoms with E-state index in [9.17, 15) is 14.3 Å². The summed E-state index contributed by atoms with van der Waals surface area (Å²) in [5.74, 6) is 0.678. The minimum Gasteiger partial charge on any atom is -0.508 e. The Kier molecular flexibility index (Phi) is 5.16. The molecule has 1 saturated heterocycles. The van der Waals surface area contributed by atoms with Crippen LogP contribution in [0.4, 0.5) is 4.39 Å². The number of phenols is 1. The number of carbonyl (C=O) groups is 1. The Labute approximate surface area is 210 Å². The number of benzene rings is 2. The van der Waals surface area contributed by atoms with E-state index in [1.165, 1.54) is 29.0 Å². The van der Waals surface area contributed by atoms with Gasteiger partial charge in [-0.25, -0.2) is 4.39 Å². The molecule has 2 N–H and O–H groups in total. The summed E-state index contributed by atoms with van der Waals surface area (Å²) in [6.07, 6.45) is 3.78. The van der Waals surface area contributed by atoms with E-state index in [1.807, 2.05) is 12.1 Å². The number of hydrogen-bond donors (Lipinski definition) is 2. The summed E-state index contributed by atoms with van der Waals surface area (Å²) in [5, 5.41) is 14.1. The van der Waals surface area contributed by atoms with Gasteiger partial charge in [-0.1, -0.05) is 43.8 Å². The van der Waals surface area contributed by atoms with Crippen LogP contribution in [0, 0.1) is 11.7 Å². The molecule has 0 radical (unpaired) electrons. The molecule has 6 rings (SSSR count). The number of fused-ring (bicyclic) bond motifs is 4. The van der Waals surface area contributed by atoms with Crippen LogP contribution in [0.2, 0.25) is 0 Å². The van der Waals surface area contributed by atoms with E-state index < -0.39 is 0 Å². The Balaban J connectivity index is 1.23. The van der Waals surface area contributed by atoms with Crippen LogP contribution >= 0.6 is 11.8 Å². The van der Waals surface area contributed by atoms with Gasteiger partial charge in [0.1, 0.15) is 11.6 Å². The van der Waals surface area contributed by atoms with Crippen LogP contribution < -0.4 is 5.32 Å². The number of piperidine rings is 1. The van der Waals surface area contributed by atoms with E-state index in [-0.39, 0.29) is 35.1 Å². The quantitative estimate of drug-likeness (QED) is 0.668. The van der Waals surface area contributed by atoms with Crippen molar-refractivity contribution in [2.45, 2.75) is 54.5 Å². The summed E-state index contributed by atoms with van der Waals surface area (Å²) in [6.45, 7) is 5.71. The zero-order valence-corrected chi connectivity index (χ0v) is 21.5. The van der Waals surface area contributed by atoms with Crippen molar-refractivity contribution in [1.82, 2.24) is 15.1 Å². The van der Waals surface area contributed by atoms with Crippen LogP contribution in [0.25, 0.3) is 0 Å². The summed E-state index contributed by atoms with van der Waals surface area (Å²) >= 11 is 1.44. The number of phenolic OH excluding ortho intramolecular Hbond substituents is 1. The number of amides is 1. The number of nitrogens with one attached hydrogen (secondary N) is 1. The number of allylic oxidation sites excluding steroid dienone is 1.